The van der Waals surface area contributed by atoms with Crippen LogP contribution < -0.4 is 10.6 Å². The molecule has 0 amide bonds. The third-order valence-electron chi connectivity index (χ3n) is 2.74. The zero-order valence-corrected chi connectivity index (χ0v) is 12.5. The molecule has 1 aromatic heterocycles. The number of aromatic nitrogens is 1. The fraction of sp³-hybridized carbons (Fsp3) is 0.286. The highest BCUT2D eigenvalue weighted by Crippen LogP contribution is 2.23. The van der Waals surface area contributed by atoms with E-state index < -0.39 is 5.97 Å². The Morgan fingerprint density at radius 1 is 1.45 bits per heavy atom. The summed E-state index contributed by atoms with van der Waals surface area (Å²) >= 11 is 1.48. The molecule has 0 spiro atoms. The van der Waals surface area contributed by atoms with Gasteiger partial charge in [0.25, 0.3) is 0 Å². The van der Waals surface area contributed by atoms with Crippen LogP contribution in [0.4, 0.5) is 11.4 Å². The van der Waals surface area contributed by atoms with Crippen molar-refractivity contribution >= 4 is 28.7 Å². The van der Waals surface area contributed by atoms with E-state index in [1.165, 1.54) is 11.3 Å². The quantitative estimate of drug-likeness (QED) is 0.692. The molecule has 0 saturated heterocycles. The number of hydrogen-bond donors (Lipinski definition) is 1. The molecule has 0 atom stereocenters. The van der Waals surface area contributed by atoms with E-state index in [-0.39, 0.29) is 6.61 Å². The van der Waals surface area contributed by atoms with Gasteiger partial charge in [-0.15, -0.1) is 11.3 Å². The summed E-state index contributed by atoms with van der Waals surface area (Å²) in [5.74, 6) is -0.394. The van der Waals surface area contributed by atoms with Crippen LogP contribution >= 0.6 is 11.3 Å². The number of nitrogens with two attached hydrogens (primary N) is 1. The fourth-order valence-corrected chi connectivity index (χ4v) is 2.45. The van der Waals surface area contributed by atoms with Crippen LogP contribution in [0.3, 0.4) is 0 Å². The lowest BCUT2D eigenvalue weighted by molar-refractivity contribution is 0.0472. The molecule has 2 rings (SSSR count). The normalized spacial score (nSPS) is 10.3. The highest BCUT2D eigenvalue weighted by atomic mass is 32.1. The lowest BCUT2D eigenvalue weighted by atomic mass is 10.1. The number of rotatable bonds is 4. The minimum Gasteiger partial charge on any atom is -0.455 e. The van der Waals surface area contributed by atoms with E-state index in [2.05, 4.69) is 4.98 Å². The number of nitrogens with zero attached hydrogens (tertiary/aromatic N) is 2. The Morgan fingerprint density at radius 3 is 2.75 bits per heavy atom. The van der Waals surface area contributed by atoms with Crippen molar-refractivity contribution in [3.05, 3.63) is 39.8 Å². The van der Waals surface area contributed by atoms with Crippen LogP contribution in [0.25, 0.3) is 0 Å². The van der Waals surface area contributed by atoms with Gasteiger partial charge in [-0.25, -0.2) is 9.78 Å². The van der Waals surface area contributed by atoms with Crippen LogP contribution in [-0.2, 0) is 11.3 Å². The number of thiazole rings is 1. The van der Waals surface area contributed by atoms with Gasteiger partial charge < -0.3 is 15.4 Å². The fourth-order valence-electron chi connectivity index (χ4n) is 1.77. The summed E-state index contributed by atoms with van der Waals surface area (Å²) in [7, 11) is 3.79. The zero-order chi connectivity index (χ0) is 14.7. The molecule has 5 nitrogen and oxygen atoms in total. The van der Waals surface area contributed by atoms with Gasteiger partial charge in [-0.3, -0.25) is 0 Å². The number of hydrogen-bond acceptors (Lipinski definition) is 6. The maximum atomic E-state index is 11.9. The van der Waals surface area contributed by atoms with Crippen molar-refractivity contribution in [3.63, 3.8) is 0 Å². The second kappa shape index (κ2) is 5.92. The van der Waals surface area contributed by atoms with Gasteiger partial charge >= 0.3 is 5.97 Å². The molecule has 106 valence electrons. The SMILES string of the molecule is Cc1csc(COC(=O)c2ccc(N(C)C)c(N)c2)n1. The van der Waals surface area contributed by atoms with E-state index in [1.807, 2.05) is 31.3 Å². The van der Waals surface area contributed by atoms with Crippen molar-refractivity contribution in [2.75, 3.05) is 24.7 Å². The van der Waals surface area contributed by atoms with Crippen molar-refractivity contribution in [2.45, 2.75) is 13.5 Å². The van der Waals surface area contributed by atoms with Crippen LogP contribution in [0.5, 0.6) is 0 Å². The topological polar surface area (TPSA) is 68.5 Å². The predicted molar refractivity (Wildman–Crippen MR) is 81.2 cm³/mol. The summed E-state index contributed by atoms with van der Waals surface area (Å²) in [6.07, 6.45) is 0. The Balaban J connectivity index is 2.04. The van der Waals surface area contributed by atoms with E-state index in [4.69, 9.17) is 10.5 Å². The molecule has 2 N–H and O–H groups in total. The van der Waals surface area contributed by atoms with Crippen LogP contribution in [0.1, 0.15) is 21.1 Å². The minimum atomic E-state index is -0.394. The van der Waals surface area contributed by atoms with E-state index in [9.17, 15) is 4.79 Å². The van der Waals surface area contributed by atoms with E-state index in [1.54, 1.807) is 18.2 Å². The average Bonchev–Trinajstić information content (AvgIpc) is 2.81. The smallest absolute Gasteiger partial charge is 0.338 e. The van der Waals surface area contributed by atoms with Crippen LogP contribution in [0, 0.1) is 6.92 Å². The Hall–Kier alpha value is -2.08. The Labute approximate surface area is 122 Å². The first-order valence-corrected chi connectivity index (χ1v) is 7.00. The number of benzene rings is 1. The van der Waals surface area contributed by atoms with Crippen molar-refractivity contribution in [1.82, 2.24) is 4.98 Å². The minimum absolute atomic E-state index is 0.187. The van der Waals surface area contributed by atoms with Crippen molar-refractivity contribution in [2.24, 2.45) is 0 Å². The highest BCUT2D eigenvalue weighted by Gasteiger charge is 2.11. The second-order valence-corrected chi connectivity index (χ2v) is 5.57. The molecule has 20 heavy (non-hydrogen) atoms. The summed E-state index contributed by atoms with van der Waals surface area (Å²) in [4.78, 5) is 18.1. The van der Waals surface area contributed by atoms with Crippen LogP contribution in [0.15, 0.2) is 23.6 Å². The molecule has 0 aliphatic heterocycles. The van der Waals surface area contributed by atoms with E-state index in [0.29, 0.717) is 11.3 Å². The number of carbonyl (C=O) groups excluding carboxylic acids is 1. The Kier molecular flexibility index (Phi) is 4.24. The zero-order valence-electron chi connectivity index (χ0n) is 11.7. The number of ether oxygens (including phenoxy) is 1. The molecule has 0 aliphatic carbocycles. The van der Waals surface area contributed by atoms with Crippen molar-refractivity contribution < 1.29 is 9.53 Å². The largest absolute Gasteiger partial charge is 0.455 e. The molecule has 1 aromatic carbocycles. The van der Waals surface area contributed by atoms with E-state index in [0.717, 1.165) is 16.4 Å². The van der Waals surface area contributed by atoms with Gasteiger partial charge in [0.05, 0.1) is 16.9 Å². The molecule has 0 aliphatic rings. The number of carbonyl (C=O) groups is 1. The van der Waals surface area contributed by atoms with Gasteiger partial charge in [-0.2, -0.15) is 0 Å². The summed E-state index contributed by atoms with van der Waals surface area (Å²) in [5, 5.41) is 2.71. The Bertz CT molecular complexity index is 623. The van der Waals surface area contributed by atoms with Crippen LogP contribution in [-0.4, -0.2) is 25.0 Å². The molecule has 0 fully saturated rings. The molecule has 0 radical (unpaired) electrons. The van der Waals surface area contributed by atoms with Gasteiger partial charge in [-0.05, 0) is 25.1 Å². The molecule has 1 heterocycles. The lowest BCUT2D eigenvalue weighted by Gasteiger charge is -2.15. The summed E-state index contributed by atoms with van der Waals surface area (Å²) in [6.45, 7) is 2.09. The first-order valence-electron chi connectivity index (χ1n) is 6.12. The predicted octanol–water partition coefficient (Wildman–Crippen LogP) is 2.46. The summed E-state index contributed by atoms with van der Waals surface area (Å²) in [5.41, 5.74) is 8.71. The molecule has 2 aromatic rings. The number of nitrogen functional groups attached to an aromatic ring is 1. The monoisotopic (exact) mass is 291 g/mol. The number of esters is 1. The summed E-state index contributed by atoms with van der Waals surface area (Å²) < 4.78 is 5.22. The van der Waals surface area contributed by atoms with Crippen molar-refractivity contribution in [1.29, 1.82) is 0 Å². The molecule has 0 unspecified atom stereocenters. The van der Waals surface area contributed by atoms with Gasteiger partial charge in [-0.1, -0.05) is 0 Å². The first kappa shape index (κ1) is 14.3. The lowest BCUT2D eigenvalue weighted by Crippen LogP contribution is -2.12. The van der Waals surface area contributed by atoms with Crippen molar-refractivity contribution in [3.8, 4) is 0 Å². The number of aryl methyl sites for hydroxylation is 1. The molecule has 0 bridgehead atoms. The summed E-state index contributed by atoms with van der Waals surface area (Å²) in [6, 6.07) is 5.14. The highest BCUT2D eigenvalue weighted by molar-refractivity contribution is 7.09. The van der Waals surface area contributed by atoms with Gasteiger partial charge in [0, 0.05) is 25.2 Å². The molecule has 6 heteroatoms. The van der Waals surface area contributed by atoms with Crippen LogP contribution in [0.2, 0.25) is 0 Å². The average molecular weight is 291 g/mol. The maximum absolute atomic E-state index is 11.9. The third-order valence-corrected chi connectivity index (χ3v) is 3.68. The first-order chi connectivity index (χ1) is 9.47. The Morgan fingerprint density at radius 2 is 2.20 bits per heavy atom. The molecule has 0 saturated carbocycles. The van der Waals surface area contributed by atoms with Gasteiger partial charge in [0.2, 0.25) is 0 Å². The second-order valence-electron chi connectivity index (χ2n) is 4.63. The van der Waals surface area contributed by atoms with Gasteiger partial charge in [0.15, 0.2) is 0 Å². The molecular weight excluding hydrogens is 274 g/mol. The number of anilines is 2. The third kappa shape index (κ3) is 3.27. The van der Waals surface area contributed by atoms with Gasteiger partial charge in [0.1, 0.15) is 11.6 Å². The maximum Gasteiger partial charge on any atom is 0.338 e. The molecular formula is C14H17N3O2S. The van der Waals surface area contributed by atoms with E-state index >= 15 is 0 Å². The standard InChI is InChI=1S/C14H17N3O2S/c1-9-8-20-13(16-9)7-19-14(18)10-4-5-12(17(2)3)11(15)6-10/h4-6,8H,7,15H2,1-3H3.